The molecule has 3 rings (SSSR count). The molecule has 3 aliphatic rings. The van der Waals surface area contributed by atoms with Gasteiger partial charge in [0.2, 0.25) is 0 Å². The van der Waals surface area contributed by atoms with E-state index < -0.39 is 5.79 Å². The summed E-state index contributed by atoms with van der Waals surface area (Å²) in [5.74, 6) is 1.22. The molecule has 4 atom stereocenters. The Labute approximate surface area is 172 Å². The number of aliphatic imine (C=N–C) groups is 2. The van der Waals surface area contributed by atoms with E-state index in [4.69, 9.17) is 19.5 Å². The predicted octanol–water partition coefficient (Wildman–Crippen LogP) is 3.23. The van der Waals surface area contributed by atoms with Gasteiger partial charge in [-0.15, -0.1) is 0 Å². The molecule has 0 saturated carbocycles. The van der Waals surface area contributed by atoms with Gasteiger partial charge < -0.3 is 20.1 Å². The first kappa shape index (κ1) is 21.3. The Morgan fingerprint density at radius 2 is 1.19 bits per heavy atom. The normalized spacial score (nSPS) is 33.8. The average Bonchev–Trinajstić information content (AvgIpc) is 3.14. The smallest absolute Gasteiger partial charge is 0.163 e. The molecule has 2 N–H and O–H groups in total. The highest BCUT2D eigenvalue weighted by molar-refractivity contribution is 8.14. The van der Waals surface area contributed by atoms with Crippen LogP contribution in [0.1, 0.15) is 55.4 Å². The fourth-order valence-corrected chi connectivity index (χ4v) is 5.67. The Bertz CT molecular complexity index is 570. The van der Waals surface area contributed by atoms with Gasteiger partial charge in [0.05, 0.1) is 12.1 Å². The molecule has 0 radical (unpaired) electrons. The third-order valence-corrected chi connectivity index (χ3v) is 6.21. The number of hydrogen-bond acceptors (Lipinski definition) is 8. The Balaban J connectivity index is 1.73. The number of nitrogens with zero attached hydrogens (tertiary/aromatic N) is 2. The molecule has 8 heteroatoms. The van der Waals surface area contributed by atoms with Crippen LogP contribution >= 0.6 is 23.5 Å². The molecule has 154 valence electrons. The third-order valence-electron chi connectivity index (χ3n) is 4.23. The van der Waals surface area contributed by atoms with Crippen molar-refractivity contribution in [2.45, 2.75) is 96.5 Å². The predicted molar refractivity (Wildman–Crippen MR) is 117 cm³/mol. The number of rotatable bonds is 2. The van der Waals surface area contributed by atoms with Gasteiger partial charge in [-0.1, -0.05) is 23.5 Å². The van der Waals surface area contributed by atoms with Crippen LogP contribution in [0.2, 0.25) is 0 Å². The summed E-state index contributed by atoms with van der Waals surface area (Å²) in [4.78, 5) is 9.83. The SMILES string of the molecule is CC(C)(C)NC1=N[C@@H]([C@H]2OC(C)(C)O[C@@H]2[C@H]2CSC(NC(C)(C)C)=N2)CS1. The maximum atomic E-state index is 6.30. The van der Waals surface area contributed by atoms with Gasteiger partial charge in [-0.2, -0.15) is 0 Å². The first-order valence-corrected chi connectivity index (χ1v) is 11.6. The molecule has 3 aliphatic heterocycles. The molecule has 0 aromatic rings. The summed E-state index contributed by atoms with van der Waals surface area (Å²) in [5.41, 5.74) is 0.0126. The summed E-state index contributed by atoms with van der Waals surface area (Å²) in [6, 6.07) is 0.179. The second-order valence-corrected chi connectivity index (χ2v) is 12.0. The Hall–Kier alpha value is -0.440. The van der Waals surface area contributed by atoms with Crippen molar-refractivity contribution < 1.29 is 9.47 Å². The van der Waals surface area contributed by atoms with Gasteiger partial charge in [0, 0.05) is 22.6 Å². The minimum absolute atomic E-state index is 0.00629. The zero-order chi connectivity index (χ0) is 20.0. The number of ether oxygens (including phenoxy) is 2. The lowest BCUT2D eigenvalue weighted by Crippen LogP contribution is -2.42. The van der Waals surface area contributed by atoms with Gasteiger partial charge in [0.1, 0.15) is 12.2 Å². The van der Waals surface area contributed by atoms with E-state index >= 15 is 0 Å². The monoisotopic (exact) mass is 414 g/mol. The van der Waals surface area contributed by atoms with Gasteiger partial charge in [0.25, 0.3) is 0 Å². The van der Waals surface area contributed by atoms with Crippen molar-refractivity contribution in [2.75, 3.05) is 11.5 Å². The van der Waals surface area contributed by atoms with Crippen LogP contribution in [0, 0.1) is 0 Å². The van der Waals surface area contributed by atoms with Crippen molar-refractivity contribution in [2.24, 2.45) is 9.98 Å². The van der Waals surface area contributed by atoms with E-state index in [9.17, 15) is 0 Å². The molecule has 6 nitrogen and oxygen atoms in total. The number of hydrogen-bond donors (Lipinski definition) is 2. The van der Waals surface area contributed by atoms with Crippen LogP contribution in [0.15, 0.2) is 9.98 Å². The number of thioether (sulfide) groups is 2. The lowest BCUT2D eigenvalue weighted by molar-refractivity contribution is -0.148. The van der Waals surface area contributed by atoms with Gasteiger partial charge in [0.15, 0.2) is 16.1 Å². The molecule has 0 amide bonds. The van der Waals surface area contributed by atoms with Crippen molar-refractivity contribution in [1.82, 2.24) is 10.6 Å². The standard InChI is InChI=1S/C19H34N4O2S2/c1-17(2,3)22-15-20-11(9-26-15)13-14(25-19(7,8)24-13)12-10-27-16(21-12)23-18(4,5)6/h11-14H,9-10H2,1-8H3,(H,20,22)(H,21,23)/t11-,12-,13-,14-/m1/s1. The molecule has 0 spiro atoms. The summed E-state index contributed by atoms with van der Waals surface area (Å²) in [5, 5.41) is 8.97. The van der Waals surface area contributed by atoms with Crippen molar-refractivity contribution >= 4 is 33.9 Å². The van der Waals surface area contributed by atoms with Gasteiger partial charge >= 0.3 is 0 Å². The van der Waals surface area contributed by atoms with Crippen LogP contribution in [0.3, 0.4) is 0 Å². The molecular weight excluding hydrogens is 380 g/mol. The highest BCUT2D eigenvalue weighted by atomic mass is 32.2. The molecule has 3 heterocycles. The number of amidine groups is 2. The maximum Gasteiger partial charge on any atom is 0.163 e. The quantitative estimate of drug-likeness (QED) is 0.723. The van der Waals surface area contributed by atoms with Crippen molar-refractivity contribution in [3.8, 4) is 0 Å². The van der Waals surface area contributed by atoms with Crippen molar-refractivity contribution in [3.63, 3.8) is 0 Å². The highest BCUT2D eigenvalue weighted by Crippen LogP contribution is 2.38. The molecule has 0 aromatic heterocycles. The summed E-state index contributed by atoms with van der Waals surface area (Å²) < 4.78 is 12.6. The van der Waals surface area contributed by atoms with E-state index in [1.165, 1.54) is 0 Å². The van der Waals surface area contributed by atoms with Crippen LogP contribution in [0.5, 0.6) is 0 Å². The van der Waals surface area contributed by atoms with Crippen molar-refractivity contribution in [1.29, 1.82) is 0 Å². The first-order valence-electron chi connectivity index (χ1n) is 9.65. The summed E-state index contributed by atoms with van der Waals surface area (Å²) in [6.07, 6.45) is -0.148. The molecule has 0 bridgehead atoms. The largest absolute Gasteiger partial charge is 0.360 e. The Morgan fingerprint density at radius 1 is 0.815 bits per heavy atom. The van der Waals surface area contributed by atoms with Crippen LogP contribution in [0.4, 0.5) is 0 Å². The summed E-state index contributed by atoms with van der Waals surface area (Å²) in [6.45, 7) is 16.9. The first-order chi connectivity index (χ1) is 12.3. The van der Waals surface area contributed by atoms with E-state index in [1.807, 2.05) is 13.8 Å². The van der Waals surface area contributed by atoms with Crippen LogP contribution in [0.25, 0.3) is 0 Å². The third kappa shape index (κ3) is 5.78. The van der Waals surface area contributed by atoms with Crippen LogP contribution in [-0.4, -0.2) is 63.0 Å². The minimum Gasteiger partial charge on any atom is -0.360 e. The fourth-order valence-electron chi connectivity index (χ4n) is 3.31. The topological polar surface area (TPSA) is 67.2 Å². The minimum atomic E-state index is -0.601. The number of nitrogens with one attached hydrogen (secondary N) is 2. The zero-order valence-electron chi connectivity index (χ0n) is 17.8. The molecule has 0 aliphatic carbocycles. The van der Waals surface area contributed by atoms with Crippen molar-refractivity contribution in [3.05, 3.63) is 0 Å². The molecule has 1 fully saturated rings. The molecular formula is C19H34N4O2S2. The van der Waals surface area contributed by atoms with Crippen LogP contribution in [-0.2, 0) is 9.47 Å². The van der Waals surface area contributed by atoms with E-state index in [2.05, 4.69) is 52.2 Å². The zero-order valence-corrected chi connectivity index (χ0v) is 19.4. The lowest BCUT2D eigenvalue weighted by Gasteiger charge is -2.23. The van der Waals surface area contributed by atoms with Gasteiger partial charge in [-0.05, 0) is 55.4 Å². The average molecular weight is 415 g/mol. The highest BCUT2D eigenvalue weighted by Gasteiger charge is 2.50. The maximum absolute atomic E-state index is 6.30. The molecule has 27 heavy (non-hydrogen) atoms. The van der Waals surface area contributed by atoms with Gasteiger partial charge in [-0.3, -0.25) is 9.98 Å². The molecule has 0 aromatic carbocycles. The van der Waals surface area contributed by atoms with E-state index in [-0.39, 0.29) is 35.4 Å². The Morgan fingerprint density at radius 3 is 1.52 bits per heavy atom. The van der Waals surface area contributed by atoms with E-state index in [0.717, 1.165) is 21.8 Å². The summed E-state index contributed by atoms with van der Waals surface area (Å²) >= 11 is 3.53. The molecule has 0 unspecified atom stereocenters. The van der Waals surface area contributed by atoms with E-state index in [1.54, 1.807) is 23.5 Å². The van der Waals surface area contributed by atoms with Gasteiger partial charge in [-0.25, -0.2) is 0 Å². The second kappa shape index (κ2) is 7.43. The second-order valence-electron chi connectivity index (χ2n) is 9.94. The van der Waals surface area contributed by atoms with Crippen LogP contribution < -0.4 is 10.6 Å². The Kier molecular flexibility index (Phi) is 5.85. The van der Waals surface area contributed by atoms with E-state index in [0.29, 0.717) is 0 Å². The lowest BCUT2D eigenvalue weighted by atomic mass is 10.0. The molecule has 1 saturated heterocycles. The fraction of sp³-hybridized carbons (Fsp3) is 0.895. The summed E-state index contributed by atoms with van der Waals surface area (Å²) in [7, 11) is 0.